The molecule has 0 aliphatic rings. The van der Waals surface area contributed by atoms with Crippen LogP contribution in [0.25, 0.3) is 5.69 Å². The molecule has 104 valence electrons. The summed E-state index contributed by atoms with van der Waals surface area (Å²) in [5.74, 6) is 0. The minimum absolute atomic E-state index is 0.363. The molecule has 4 heteroatoms. The maximum absolute atomic E-state index is 12.2. The zero-order valence-corrected chi connectivity index (χ0v) is 12.0. The lowest BCUT2D eigenvalue weighted by Crippen LogP contribution is -2.40. The van der Waals surface area contributed by atoms with Gasteiger partial charge in [-0.25, -0.2) is 0 Å². The molecule has 0 aliphatic heterocycles. The molecule has 0 fully saturated rings. The van der Waals surface area contributed by atoms with Crippen LogP contribution in [0.4, 0.5) is 0 Å². The third kappa shape index (κ3) is 2.79. The number of allylic oxidation sites excluding steroid dienone is 1. The number of aryl methyl sites for hydroxylation is 2. The van der Waals surface area contributed by atoms with Crippen LogP contribution in [0.15, 0.2) is 52.3 Å². The molecule has 0 radical (unpaired) electrons. The van der Waals surface area contributed by atoms with E-state index in [2.05, 4.69) is 6.58 Å². The summed E-state index contributed by atoms with van der Waals surface area (Å²) in [6, 6.07) is 5.80. The molecule has 0 saturated heterocycles. The third-order valence-electron chi connectivity index (χ3n) is 2.98. The maximum Gasteiger partial charge on any atom is 0.320 e. The van der Waals surface area contributed by atoms with Gasteiger partial charge in [-0.1, -0.05) is 18.2 Å². The molecule has 0 unspecified atom stereocenters. The third-order valence-corrected chi connectivity index (χ3v) is 2.98. The quantitative estimate of drug-likeness (QED) is 0.634. The highest BCUT2D eigenvalue weighted by Crippen LogP contribution is 2.11. The molecule has 0 aliphatic carbocycles. The Balaban J connectivity index is 2.60. The van der Waals surface area contributed by atoms with Crippen molar-refractivity contribution in [2.45, 2.75) is 27.3 Å². The van der Waals surface area contributed by atoms with E-state index in [0.717, 1.165) is 16.7 Å². The average Bonchev–Trinajstić information content (AvgIpc) is 2.33. The molecule has 2 aromatic rings. The molecule has 0 N–H and O–H groups in total. The van der Waals surface area contributed by atoms with Crippen LogP contribution in [0.1, 0.15) is 18.1 Å². The van der Waals surface area contributed by atoms with Crippen molar-refractivity contribution in [2.24, 2.45) is 0 Å². The predicted molar refractivity (Wildman–Crippen MR) is 80.6 cm³/mol. The van der Waals surface area contributed by atoms with Crippen molar-refractivity contribution in [3.8, 4) is 5.69 Å². The van der Waals surface area contributed by atoms with Gasteiger partial charge in [0.1, 0.15) is 0 Å². The van der Waals surface area contributed by atoms with E-state index in [4.69, 9.17) is 0 Å². The summed E-state index contributed by atoms with van der Waals surface area (Å²) < 4.78 is 2.76. The largest absolute Gasteiger partial charge is 0.320 e. The number of aromatic nitrogens is 2. The van der Waals surface area contributed by atoms with Gasteiger partial charge in [0.15, 0.2) is 0 Å². The minimum Gasteiger partial charge on any atom is -0.305 e. The van der Waals surface area contributed by atoms with E-state index in [0.29, 0.717) is 12.2 Å². The number of hydrogen-bond donors (Lipinski definition) is 0. The van der Waals surface area contributed by atoms with E-state index in [1.54, 1.807) is 12.4 Å². The highest BCUT2D eigenvalue weighted by molar-refractivity contribution is 5.39. The molecule has 1 aromatic heterocycles. The topological polar surface area (TPSA) is 44.0 Å². The van der Waals surface area contributed by atoms with Crippen molar-refractivity contribution >= 4 is 0 Å². The van der Waals surface area contributed by atoms with Crippen molar-refractivity contribution in [1.82, 2.24) is 9.13 Å². The Morgan fingerprint density at radius 2 is 1.65 bits per heavy atom. The van der Waals surface area contributed by atoms with Crippen molar-refractivity contribution in [3.05, 3.63) is 74.6 Å². The second-order valence-corrected chi connectivity index (χ2v) is 5.21. The second-order valence-electron chi connectivity index (χ2n) is 5.21. The smallest absolute Gasteiger partial charge is 0.305 e. The first-order valence-electron chi connectivity index (χ1n) is 6.43. The molecule has 1 aromatic carbocycles. The van der Waals surface area contributed by atoms with Gasteiger partial charge in [0, 0.05) is 24.6 Å². The van der Waals surface area contributed by atoms with Crippen molar-refractivity contribution in [1.29, 1.82) is 0 Å². The lowest BCUT2D eigenvalue weighted by Gasteiger charge is -2.10. The van der Waals surface area contributed by atoms with Gasteiger partial charge in [0.05, 0.1) is 0 Å². The Kier molecular flexibility index (Phi) is 3.74. The van der Waals surface area contributed by atoms with Crippen LogP contribution >= 0.6 is 0 Å². The SMILES string of the molecule is C=C(C)Cn1ccn(-c2cc(C)cc(C)c2)c(=O)c1=O. The van der Waals surface area contributed by atoms with Crippen LogP contribution in [-0.4, -0.2) is 9.13 Å². The summed E-state index contributed by atoms with van der Waals surface area (Å²) in [4.78, 5) is 24.3. The fraction of sp³-hybridized carbons (Fsp3) is 0.250. The van der Waals surface area contributed by atoms with Crippen LogP contribution in [0.5, 0.6) is 0 Å². The lowest BCUT2D eigenvalue weighted by molar-refractivity contribution is 0.710. The minimum atomic E-state index is -0.543. The fourth-order valence-electron chi connectivity index (χ4n) is 2.22. The Morgan fingerprint density at radius 1 is 1.05 bits per heavy atom. The molecule has 4 nitrogen and oxygen atoms in total. The van der Waals surface area contributed by atoms with Gasteiger partial charge in [-0.3, -0.25) is 14.2 Å². The van der Waals surface area contributed by atoms with Gasteiger partial charge in [-0.05, 0) is 44.0 Å². The van der Waals surface area contributed by atoms with Crippen molar-refractivity contribution < 1.29 is 0 Å². The van der Waals surface area contributed by atoms with Gasteiger partial charge in [0.25, 0.3) is 0 Å². The first-order chi connectivity index (χ1) is 9.38. The van der Waals surface area contributed by atoms with Crippen molar-refractivity contribution in [2.75, 3.05) is 0 Å². The predicted octanol–water partition coefficient (Wildman–Crippen LogP) is 2.19. The van der Waals surface area contributed by atoms with Crippen LogP contribution in [0.2, 0.25) is 0 Å². The molecule has 1 heterocycles. The zero-order chi connectivity index (χ0) is 14.9. The van der Waals surface area contributed by atoms with Gasteiger partial charge >= 0.3 is 11.1 Å². The van der Waals surface area contributed by atoms with Crippen LogP contribution < -0.4 is 11.1 Å². The Hall–Kier alpha value is -2.36. The van der Waals surface area contributed by atoms with Crippen LogP contribution in [0.3, 0.4) is 0 Å². The normalized spacial score (nSPS) is 10.6. The number of benzene rings is 1. The van der Waals surface area contributed by atoms with E-state index in [-0.39, 0.29) is 0 Å². The van der Waals surface area contributed by atoms with E-state index < -0.39 is 11.1 Å². The average molecular weight is 270 g/mol. The Morgan fingerprint density at radius 3 is 2.20 bits per heavy atom. The standard InChI is InChI=1S/C16H18N2O2/c1-11(2)10-17-5-6-18(16(20)15(17)19)14-8-12(3)7-13(4)9-14/h5-9H,1,10H2,2-4H3. The molecule has 0 amide bonds. The van der Waals surface area contributed by atoms with E-state index in [1.807, 2.05) is 39.0 Å². The first-order valence-corrected chi connectivity index (χ1v) is 6.43. The Labute approximate surface area is 117 Å². The van der Waals surface area contributed by atoms with E-state index in [9.17, 15) is 9.59 Å². The molecule has 20 heavy (non-hydrogen) atoms. The summed E-state index contributed by atoms with van der Waals surface area (Å²) in [5.41, 5.74) is 2.58. The molecular weight excluding hydrogens is 252 g/mol. The molecule has 0 bridgehead atoms. The number of hydrogen-bond acceptors (Lipinski definition) is 2. The van der Waals surface area contributed by atoms with Gasteiger partial charge in [-0.15, -0.1) is 0 Å². The maximum atomic E-state index is 12.2. The molecule has 0 spiro atoms. The van der Waals surface area contributed by atoms with Crippen molar-refractivity contribution in [3.63, 3.8) is 0 Å². The molecule has 0 atom stereocenters. The summed E-state index contributed by atoms with van der Waals surface area (Å²) >= 11 is 0. The summed E-state index contributed by atoms with van der Waals surface area (Å²) in [6.07, 6.45) is 3.25. The van der Waals surface area contributed by atoms with Gasteiger partial charge in [-0.2, -0.15) is 0 Å². The summed E-state index contributed by atoms with van der Waals surface area (Å²) in [6.45, 7) is 9.86. The first kappa shape index (κ1) is 14.1. The summed E-state index contributed by atoms with van der Waals surface area (Å²) in [5, 5.41) is 0. The van der Waals surface area contributed by atoms with Crippen LogP contribution in [-0.2, 0) is 6.54 Å². The van der Waals surface area contributed by atoms with Crippen LogP contribution in [0, 0.1) is 13.8 Å². The lowest BCUT2D eigenvalue weighted by atomic mass is 10.1. The second kappa shape index (κ2) is 5.33. The Bertz CT molecular complexity index is 762. The highest BCUT2D eigenvalue weighted by Gasteiger charge is 2.07. The summed E-state index contributed by atoms with van der Waals surface area (Å²) in [7, 11) is 0. The monoisotopic (exact) mass is 270 g/mol. The molecule has 2 rings (SSSR count). The van der Waals surface area contributed by atoms with E-state index in [1.165, 1.54) is 9.13 Å². The zero-order valence-electron chi connectivity index (χ0n) is 12.0. The molecular formula is C16H18N2O2. The highest BCUT2D eigenvalue weighted by atomic mass is 16.2. The number of nitrogens with zero attached hydrogens (tertiary/aromatic N) is 2. The number of rotatable bonds is 3. The van der Waals surface area contributed by atoms with E-state index >= 15 is 0 Å². The van der Waals surface area contributed by atoms with Gasteiger partial charge in [0.2, 0.25) is 0 Å². The molecule has 0 saturated carbocycles. The van der Waals surface area contributed by atoms with Gasteiger partial charge < -0.3 is 4.57 Å². The fourth-order valence-corrected chi connectivity index (χ4v) is 2.22.